The third-order valence-electron chi connectivity index (χ3n) is 3.46. The molecule has 0 aromatic carbocycles. The molecule has 2 aliphatic rings. The van der Waals surface area contributed by atoms with Gasteiger partial charge in [-0.2, -0.15) is 11.8 Å². The van der Waals surface area contributed by atoms with E-state index < -0.39 is 0 Å². The second kappa shape index (κ2) is 11.0. The van der Waals surface area contributed by atoms with Crippen LogP contribution in [-0.4, -0.2) is 61.1 Å². The largest absolute Gasteiger partial charge is 0.353 e. The summed E-state index contributed by atoms with van der Waals surface area (Å²) in [5, 5.41) is 6.33. The Morgan fingerprint density at radius 3 is 2.63 bits per heavy atom. The smallest absolute Gasteiger partial charge is 0.237 e. The minimum Gasteiger partial charge on any atom is -0.353 e. The number of piperidine rings is 1. The molecule has 2 N–H and O–H groups in total. The maximum absolute atomic E-state index is 11.8. The number of hydrogen-bond donors (Lipinski definition) is 2. The van der Waals surface area contributed by atoms with Crippen molar-refractivity contribution in [3.63, 3.8) is 0 Å². The third-order valence-corrected chi connectivity index (χ3v) is 4.40. The highest BCUT2D eigenvalue weighted by molar-refractivity contribution is 7.99. The van der Waals surface area contributed by atoms with Gasteiger partial charge < -0.3 is 10.6 Å². The highest BCUT2D eigenvalue weighted by Gasteiger charge is 2.20. The van der Waals surface area contributed by atoms with Crippen molar-refractivity contribution in [1.29, 1.82) is 0 Å². The Labute approximate surface area is 132 Å². The number of amides is 1. The number of halogens is 2. The fourth-order valence-electron chi connectivity index (χ4n) is 2.36. The number of nitrogens with one attached hydrogen (secondary N) is 2. The molecule has 114 valence electrons. The van der Waals surface area contributed by atoms with Gasteiger partial charge in [-0.25, -0.2) is 0 Å². The molecule has 7 heteroatoms. The minimum atomic E-state index is 0. The van der Waals surface area contributed by atoms with Crippen LogP contribution >= 0.6 is 36.6 Å². The Kier molecular flexibility index (Phi) is 11.2. The van der Waals surface area contributed by atoms with Crippen molar-refractivity contribution in [3.8, 4) is 0 Å². The van der Waals surface area contributed by atoms with Crippen LogP contribution in [0.3, 0.4) is 0 Å². The van der Waals surface area contributed by atoms with E-state index in [1.54, 1.807) is 0 Å². The molecule has 0 aromatic heterocycles. The normalized spacial score (nSPS) is 23.9. The summed E-state index contributed by atoms with van der Waals surface area (Å²) < 4.78 is 0. The van der Waals surface area contributed by atoms with Crippen molar-refractivity contribution in [1.82, 2.24) is 15.5 Å². The summed E-state index contributed by atoms with van der Waals surface area (Å²) in [5.74, 6) is 2.66. The summed E-state index contributed by atoms with van der Waals surface area (Å²) in [6.45, 7) is 5.12. The van der Waals surface area contributed by atoms with Crippen LogP contribution in [0.25, 0.3) is 0 Å². The summed E-state index contributed by atoms with van der Waals surface area (Å²) in [6.07, 6.45) is 3.37. The van der Waals surface area contributed by atoms with E-state index in [-0.39, 0.29) is 36.8 Å². The maximum Gasteiger partial charge on any atom is 0.237 e. The Hall–Kier alpha value is 0.320. The fraction of sp³-hybridized carbons (Fsp3) is 0.917. The predicted octanol–water partition coefficient (Wildman–Crippen LogP) is 1.14. The summed E-state index contributed by atoms with van der Waals surface area (Å²) in [5.41, 5.74) is 0. The third kappa shape index (κ3) is 7.04. The molecule has 1 amide bonds. The molecule has 2 heterocycles. The van der Waals surface area contributed by atoms with Crippen LogP contribution in [0.1, 0.15) is 19.3 Å². The molecule has 0 bridgehead atoms. The molecule has 19 heavy (non-hydrogen) atoms. The van der Waals surface area contributed by atoms with Gasteiger partial charge in [-0.1, -0.05) is 6.42 Å². The lowest BCUT2D eigenvalue weighted by atomic mass is 10.0. The Balaban J connectivity index is 0.00000162. The second-order valence-corrected chi connectivity index (χ2v) is 5.97. The predicted molar refractivity (Wildman–Crippen MR) is 86.9 cm³/mol. The number of hydrogen-bond acceptors (Lipinski definition) is 4. The molecule has 2 aliphatic heterocycles. The van der Waals surface area contributed by atoms with E-state index in [1.165, 1.54) is 37.4 Å². The average Bonchev–Trinajstić information content (AvgIpc) is 2.41. The lowest BCUT2D eigenvalue weighted by molar-refractivity contribution is -0.123. The molecular formula is C12H25Cl2N3OS. The molecular weight excluding hydrogens is 305 g/mol. The summed E-state index contributed by atoms with van der Waals surface area (Å²) >= 11 is 2.02. The van der Waals surface area contributed by atoms with Gasteiger partial charge in [-0.3, -0.25) is 9.69 Å². The Bertz CT molecular complexity index is 247. The van der Waals surface area contributed by atoms with Crippen molar-refractivity contribution >= 4 is 42.5 Å². The molecule has 0 saturated carbocycles. The number of rotatable bonds is 4. The molecule has 2 rings (SSSR count). The molecule has 0 aromatic rings. The van der Waals surface area contributed by atoms with Gasteiger partial charge in [0.1, 0.15) is 0 Å². The number of carbonyl (C=O) groups excluding carboxylic acids is 1. The van der Waals surface area contributed by atoms with E-state index in [0.29, 0.717) is 0 Å². The first-order chi connectivity index (χ1) is 8.36. The van der Waals surface area contributed by atoms with Crippen LogP contribution in [0.2, 0.25) is 0 Å². The van der Waals surface area contributed by atoms with E-state index in [9.17, 15) is 4.79 Å². The number of carbonyl (C=O) groups is 1. The van der Waals surface area contributed by atoms with Crippen LogP contribution in [-0.2, 0) is 4.79 Å². The van der Waals surface area contributed by atoms with Gasteiger partial charge in [-0.15, -0.1) is 24.8 Å². The molecule has 0 spiro atoms. The fourth-order valence-corrected chi connectivity index (χ4v) is 3.34. The SMILES string of the molecule is Cl.Cl.O=C(NCCN1CCSCC1)[C@H]1CCCCN1. The summed E-state index contributed by atoms with van der Waals surface area (Å²) in [6, 6.07) is 0.0562. The van der Waals surface area contributed by atoms with E-state index >= 15 is 0 Å². The summed E-state index contributed by atoms with van der Waals surface area (Å²) in [4.78, 5) is 14.3. The zero-order valence-corrected chi connectivity index (χ0v) is 13.7. The van der Waals surface area contributed by atoms with E-state index in [2.05, 4.69) is 15.5 Å². The zero-order valence-electron chi connectivity index (χ0n) is 11.2. The van der Waals surface area contributed by atoms with Crippen molar-refractivity contribution in [3.05, 3.63) is 0 Å². The van der Waals surface area contributed by atoms with Crippen LogP contribution < -0.4 is 10.6 Å². The molecule has 2 saturated heterocycles. The maximum atomic E-state index is 11.8. The van der Waals surface area contributed by atoms with E-state index in [1.807, 2.05) is 11.8 Å². The summed E-state index contributed by atoms with van der Waals surface area (Å²) in [7, 11) is 0. The molecule has 0 unspecified atom stereocenters. The minimum absolute atomic E-state index is 0. The Morgan fingerprint density at radius 2 is 2.00 bits per heavy atom. The topological polar surface area (TPSA) is 44.4 Å². The lowest BCUT2D eigenvalue weighted by Gasteiger charge is -2.27. The highest BCUT2D eigenvalue weighted by atomic mass is 35.5. The number of thioether (sulfide) groups is 1. The van der Waals surface area contributed by atoms with Crippen LogP contribution in [0, 0.1) is 0 Å². The van der Waals surface area contributed by atoms with Gasteiger partial charge in [0.2, 0.25) is 5.91 Å². The van der Waals surface area contributed by atoms with Gasteiger partial charge in [0.15, 0.2) is 0 Å². The van der Waals surface area contributed by atoms with Gasteiger partial charge in [0.25, 0.3) is 0 Å². The number of nitrogens with zero attached hydrogens (tertiary/aromatic N) is 1. The standard InChI is InChI=1S/C12H23N3OS.2ClH/c16-12(11-3-1-2-4-13-11)14-5-6-15-7-9-17-10-8-15;;/h11,13H,1-10H2,(H,14,16);2*1H/t11-;;/m1../s1. The van der Waals surface area contributed by atoms with Crippen molar-refractivity contribution in [2.45, 2.75) is 25.3 Å². The first kappa shape index (κ1) is 19.3. The highest BCUT2D eigenvalue weighted by Crippen LogP contribution is 2.08. The molecule has 2 fully saturated rings. The van der Waals surface area contributed by atoms with Gasteiger partial charge in [-0.05, 0) is 19.4 Å². The molecule has 0 radical (unpaired) electrons. The van der Waals surface area contributed by atoms with Crippen LogP contribution in [0.15, 0.2) is 0 Å². The van der Waals surface area contributed by atoms with E-state index in [4.69, 9.17) is 0 Å². The van der Waals surface area contributed by atoms with Crippen LogP contribution in [0.5, 0.6) is 0 Å². The molecule has 4 nitrogen and oxygen atoms in total. The van der Waals surface area contributed by atoms with Crippen molar-refractivity contribution < 1.29 is 4.79 Å². The van der Waals surface area contributed by atoms with Gasteiger partial charge in [0, 0.05) is 37.7 Å². The molecule has 0 aliphatic carbocycles. The quantitative estimate of drug-likeness (QED) is 0.811. The first-order valence-corrected chi connectivity index (χ1v) is 7.83. The lowest BCUT2D eigenvalue weighted by Crippen LogP contribution is -2.48. The van der Waals surface area contributed by atoms with Crippen LogP contribution in [0.4, 0.5) is 0 Å². The average molecular weight is 330 g/mol. The molecule has 1 atom stereocenters. The van der Waals surface area contributed by atoms with Gasteiger partial charge in [0.05, 0.1) is 6.04 Å². The van der Waals surface area contributed by atoms with E-state index in [0.717, 1.165) is 26.1 Å². The Morgan fingerprint density at radius 1 is 1.26 bits per heavy atom. The second-order valence-electron chi connectivity index (χ2n) is 4.75. The van der Waals surface area contributed by atoms with Crippen molar-refractivity contribution in [2.24, 2.45) is 0 Å². The van der Waals surface area contributed by atoms with Crippen molar-refractivity contribution in [2.75, 3.05) is 44.2 Å². The first-order valence-electron chi connectivity index (χ1n) is 6.67. The monoisotopic (exact) mass is 329 g/mol. The zero-order chi connectivity index (χ0) is 11.9. The van der Waals surface area contributed by atoms with Gasteiger partial charge >= 0.3 is 0 Å².